The van der Waals surface area contributed by atoms with Crippen molar-refractivity contribution >= 4 is 16.7 Å². The highest BCUT2D eigenvalue weighted by Gasteiger charge is 2.47. The van der Waals surface area contributed by atoms with Crippen molar-refractivity contribution in [2.75, 3.05) is 13.2 Å². The number of rotatable bonds is 4. The van der Waals surface area contributed by atoms with E-state index in [0.29, 0.717) is 23.1 Å². The Labute approximate surface area is 137 Å². The molecule has 0 spiro atoms. The van der Waals surface area contributed by atoms with Crippen LogP contribution >= 0.6 is 0 Å². The van der Waals surface area contributed by atoms with Crippen LogP contribution in [0.3, 0.4) is 0 Å². The zero-order chi connectivity index (χ0) is 17.3. The summed E-state index contributed by atoms with van der Waals surface area (Å²) in [7, 11) is 0. The van der Waals surface area contributed by atoms with E-state index in [4.69, 9.17) is 4.74 Å². The van der Waals surface area contributed by atoms with Crippen LogP contribution in [0.25, 0.3) is 10.8 Å². The van der Waals surface area contributed by atoms with Crippen molar-refractivity contribution in [1.29, 1.82) is 0 Å². The molecule has 1 aliphatic rings. The molecule has 1 N–H and O–H groups in total. The number of fused-ring (bicyclic) bond motifs is 1. The fourth-order valence-corrected chi connectivity index (χ4v) is 3.00. The first kappa shape index (κ1) is 16.6. The van der Waals surface area contributed by atoms with E-state index < -0.39 is 18.1 Å². The molecule has 1 atom stereocenters. The van der Waals surface area contributed by atoms with Crippen LogP contribution in [0.2, 0.25) is 0 Å². The normalized spacial score (nSPS) is 17.1. The van der Waals surface area contributed by atoms with Gasteiger partial charge in [0.2, 0.25) is 5.91 Å². The van der Waals surface area contributed by atoms with Crippen molar-refractivity contribution in [3.8, 4) is 5.75 Å². The summed E-state index contributed by atoms with van der Waals surface area (Å²) in [4.78, 5) is 11.4. The Morgan fingerprint density at radius 1 is 1.29 bits per heavy atom. The third kappa shape index (κ3) is 3.17. The molecule has 24 heavy (non-hydrogen) atoms. The fraction of sp³-hybridized carbons (Fsp3) is 0.353. The maximum atomic E-state index is 13.8. The molecule has 0 radical (unpaired) electrons. The summed E-state index contributed by atoms with van der Waals surface area (Å²) in [5.74, 6) is -0.0273. The molecule has 2 aromatic rings. The topological polar surface area (TPSA) is 41.6 Å². The summed E-state index contributed by atoms with van der Waals surface area (Å²) in [5.41, 5.74) is 2.38. The number of hydrogen-bond acceptors (Lipinski definition) is 3. The average Bonchev–Trinajstić information content (AvgIpc) is 2.92. The van der Waals surface area contributed by atoms with Gasteiger partial charge in [0.1, 0.15) is 5.75 Å². The molecule has 2 aromatic carbocycles. The number of halogens is 3. The Morgan fingerprint density at radius 3 is 2.67 bits per heavy atom. The summed E-state index contributed by atoms with van der Waals surface area (Å²) in [6, 6.07) is 8.07. The molecule has 3 rings (SSSR count). The van der Waals surface area contributed by atoms with E-state index in [2.05, 4.69) is 5.43 Å². The van der Waals surface area contributed by atoms with Gasteiger partial charge < -0.3 is 4.74 Å². The number of nitrogens with one attached hydrogen (secondary N) is 1. The molecule has 1 aliphatic heterocycles. The van der Waals surface area contributed by atoms with Gasteiger partial charge in [0.15, 0.2) is 6.04 Å². The minimum Gasteiger partial charge on any atom is -0.494 e. The molecular formula is C17H17F3N2O2. The number of carbonyl (C=O) groups is 1. The zero-order valence-corrected chi connectivity index (χ0v) is 13.1. The van der Waals surface area contributed by atoms with Crippen molar-refractivity contribution in [3.05, 3.63) is 42.0 Å². The Balaban J connectivity index is 2.17. The Morgan fingerprint density at radius 2 is 2.04 bits per heavy atom. The van der Waals surface area contributed by atoms with Gasteiger partial charge in [0.05, 0.1) is 6.61 Å². The summed E-state index contributed by atoms with van der Waals surface area (Å²) in [6.45, 7) is 2.14. The largest absolute Gasteiger partial charge is 0.494 e. The maximum absolute atomic E-state index is 13.8. The van der Waals surface area contributed by atoms with Crippen LogP contribution in [-0.2, 0) is 4.79 Å². The lowest BCUT2D eigenvalue weighted by Gasteiger charge is -2.30. The van der Waals surface area contributed by atoms with Gasteiger partial charge in [-0.1, -0.05) is 24.3 Å². The van der Waals surface area contributed by atoms with Gasteiger partial charge in [0, 0.05) is 13.0 Å². The predicted octanol–water partition coefficient (Wildman–Crippen LogP) is 3.58. The van der Waals surface area contributed by atoms with Gasteiger partial charge in [0.25, 0.3) is 0 Å². The van der Waals surface area contributed by atoms with Crippen LogP contribution in [0.1, 0.15) is 24.9 Å². The molecule has 4 nitrogen and oxygen atoms in total. The van der Waals surface area contributed by atoms with Crippen molar-refractivity contribution in [3.63, 3.8) is 0 Å². The quantitative estimate of drug-likeness (QED) is 0.926. The first-order chi connectivity index (χ1) is 11.4. The number of alkyl halides is 3. The lowest BCUT2D eigenvalue weighted by Crippen LogP contribution is -2.43. The molecule has 1 unspecified atom stereocenters. The predicted molar refractivity (Wildman–Crippen MR) is 83.4 cm³/mol. The van der Waals surface area contributed by atoms with E-state index in [1.165, 1.54) is 6.07 Å². The molecule has 1 saturated heterocycles. The van der Waals surface area contributed by atoms with Gasteiger partial charge in [-0.3, -0.25) is 10.2 Å². The van der Waals surface area contributed by atoms with Crippen LogP contribution in [0.15, 0.2) is 36.4 Å². The van der Waals surface area contributed by atoms with Crippen LogP contribution < -0.4 is 10.2 Å². The van der Waals surface area contributed by atoms with E-state index >= 15 is 0 Å². The summed E-state index contributed by atoms with van der Waals surface area (Å²) < 4.78 is 46.8. The zero-order valence-electron chi connectivity index (χ0n) is 13.1. The average molecular weight is 338 g/mol. The number of nitrogens with zero attached hydrogens (tertiary/aromatic N) is 1. The molecule has 1 amide bonds. The summed E-state index contributed by atoms with van der Waals surface area (Å²) >= 11 is 0. The van der Waals surface area contributed by atoms with Crippen LogP contribution in [0.4, 0.5) is 13.2 Å². The fourth-order valence-electron chi connectivity index (χ4n) is 3.00. The second-order valence-corrected chi connectivity index (χ2v) is 5.59. The molecule has 128 valence electrons. The number of carbonyl (C=O) groups excluding carboxylic acids is 1. The maximum Gasteiger partial charge on any atom is 0.409 e. The number of benzene rings is 2. The lowest BCUT2D eigenvalue weighted by molar-refractivity contribution is -0.190. The van der Waals surface area contributed by atoms with Crippen LogP contribution in [0.5, 0.6) is 5.75 Å². The molecule has 0 aromatic heterocycles. The van der Waals surface area contributed by atoms with Gasteiger partial charge in [-0.15, -0.1) is 0 Å². The molecule has 0 saturated carbocycles. The Kier molecular flexibility index (Phi) is 4.36. The second kappa shape index (κ2) is 6.32. The van der Waals surface area contributed by atoms with Gasteiger partial charge >= 0.3 is 6.18 Å². The van der Waals surface area contributed by atoms with Gasteiger partial charge in [-0.25, -0.2) is 5.01 Å². The number of amides is 1. The standard InChI is InChI=1S/C17H17F3N2O2/c1-2-24-12-9-11-5-3-4-6-13(11)14(10-12)16(17(18,19)20)22-8-7-15(23)21-22/h3-6,9-10,16H,2,7-8H2,1H3,(H,21,23). The van der Waals surface area contributed by atoms with Crippen molar-refractivity contribution in [1.82, 2.24) is 10.4 Å². The SMILES string of the molecule is CCOc1cc(C(N2CCC(=O)N2)C(F)(F)F)c2ccccc2c1. The molecular weight excluding hydrogens is 321 g/mol. The van der Waals surface area contributed by atoms with Crippen molar-refractivity contribution < 1.29 is 22.7 Å². The summed E-state index contributed by atoms with van der Waals surface area (Å²) in [6.07, 6.45) is -4.49. The number of hydrogen-bond donors (Lipinski definition) is 1. The first-order valence-electron chi connectivity index (χ1n) is 7.68. The highest BCUT2D eigenvalue weighted by molar-refractivity contribution is 5.88. The lowest BCUT2D eigenvalue weighted by atomic mass is 9.97. The number of ether oxygens (including phenoxy) is 1. The molecule has 1 heterocycles. The molecule has 0 aliphatic carbocycles. The third-order valence-corrected chi connectivity index (χ3v) is 3.94. The van der Waals surface area contributed by atoms with Gasteiger partial charge in [-0.2, -0.15) is 13.2 Å². The van der Waals surface area contributed by atoms with E-state index in [1.54, 1.807) is 37.3 Å². The number of hydrazine groups is 1. The molecule has 7 heteroatoms. The third-order valence-electron chi connectivity index (χ3n) is 3.94. The highest BCUT2D eigenvalue weighted by atomic mass is 19.4. The smallest absolute Gasteiger partial charge is 0.409 e. The van der Waals surface area contributed by atoms with Crippen LogP contribution in [0, 0.1) is 0 Å². The van der Waals surface area contributed by atoms with Crippen molar-refractivity contribution in [2.45, 2.75) is 25.6 Å². The highest BCUT2D eigenvalue weighted by Crippen LogP contribution is 2.42. The van der Waals surface area contributed by atoms with E-state index in [-0.39, 0.29) is 18.5 Å². The van der Waals surface area contributed by atoms with E-state index in [0.717, 1.165) is 5.01 Å². The van der Waals surface area contributed by atoms with Gasteiger partial charge in [-0.05, 0) is 35.4 Å². The second-order valence-electron chi connectivity index (χ2n) is 5.59. The Bertz CT molecular complexity index is 761. The Hall–Kier alpha value is -2.28. The molecule has 0 bridgehead atoms. The van der Waals surface area contributed by atoms with Crippen LogP contribution in [-0.4, -0.2) is 30.2 Å². The minimum atomic E-state index is -4.54. The van der Waals surface area contributed by atoms with E-state index in [1.807, 2.05) is 0 Å². The minimum absolute atomic E-state index is 0.0101. The van der Waals surface area contributed by atoms with E-state index in [9.17, 15) is 18.0 Å². The molecule has 1 fully saturated rings. The monoisotopic (exact) mass is 338 g/mol. The first-order valence-corrected chi connectivity index (χ1v) is 7.68. The summed E-state index contributed by atoms with van der Waals surface area (Å²) in [5, 5.41) is 2.11. The van der Waals surface area contributed by atoms with Crippen molar-refractivity contribution in [2.24, 2.45) is 0 Å².